The fourth-order valence-electron chi connectivity index (χ4n) is 4.47. The fraction of sp³-hybridized carbons (Fsp3) is 0.308. The number of hydrogen-bond donors (Lipinski definition) is 1. The molecule has 1 amide bonds. The van der Waals surface area contributed by atoms with Crippen molar-refractivity contribution in [2.24, 2.45) is 5.73 Å². The number of fused-ring (bicyclic) bond motifs is 1. The van der Waals surface area contributed by atoms with Crippen LogP contribution in [-0.4, -0.2) is 10.8 Å². The van der Waals surface area contributed by atoms with E-state index in [1.165, 1.54) is 23.5 Å². The molecule has 32 heavy (non-hydrogen) atoms. The van der Waals surface area contributed by atoms with E-state index in [0.29, 0.717) is 24.3 Å². The molecule has 0 unspecified atom stereocenters. The molecule has 1 aliphatic rings. The van der Waals surface area contributed by atoms with Crippen LogP contribution in [0.3, 0.4) is 0 Å². The minimum absolute atomic E-state index is 0.178. The van der Waals surface area contributed by atoms with Gasteiger partial charge in [0.15, 0.2) is 0 Å². The van der Waals surface area contributed by atoms with Crippen molar-refractivity contribution in [3.63, 3.8) is 0 Å². The molecule has 1 aliphatic heterocycles. The third-order valence-corrected chi connectivity index (χ3v) is 6.02. The summed E-state index contributed by atoms with van der Waals surface area (Å²) in [7, 11) is 0. The van der Waals surface area contributed by atoms with Crippen molar-refractivity contribution in [1.82, 2.24) is 4.90 Å². The summed E-state index contributed by atoms with van der Waals surface area (Å²) in [6.07, 6.45) is 2.84. The van der Waals surface area contributed by atoms with E-state index in [1.54, 1.807) is 6.07 Å². The van der Waals surface area contributed by atoms with Crippen LogP contribution in [0.5, 0.6) is 5.75 Å². The molecular weight excluding hydrogens is 404 g/mol. The van der Waals surface area contributed by atoms with Crippen molar-refractivity contribution in [1.29, 1.82) is 0 Å². The quantitative estimate of drug-likeness (QED) is 0.582. The van der Waals surface area contributed by atoms with Crippen molar-refractivity contribution >= 4 is 5.91 Å². The van der Waals surface area contributed by atoms with Gasteiger partial charge in [0.05, 0.1) is 6.54 Å². The number of carbonyl (C=O) groups is 1. The van der Waals surface area contributed by atoms with Crippen molar-refractivity contribution < 1.29 is 13.9 Å². The maximum absolute atomic E-state index is 12.6. The first-order valence-corrected chi connectivity index (χ1v) is 11.0. The zero-order valence-corrected chi connectivity index (χ0v) is 18.5. The van der Waals surface area contributed by atoms with Gasteiger partial charge < -0.3 is 14.9 Å². The second kappa shape index (κ2) is 9.40. The largest absolute Gasteiger partial charge is 0.482 e. The second-order valence-electron chi connectivity index (χ2n) is 8.08. The fourth-order valence-corrected chi connectivity index (χ4v) is 4.47. The molecule has 1 aromatic heterocycles. The Hall–Kier alpha value is -3.38. The van der Waals surface area contributed by atoms with Crippen LogP contribution in [0.15, 0.2) is 57.9 Å². The standard InChI is InChI=1S/C26H28N2O4/c1-3-21-19(9-10-23(26(27)30)22(21)4-2)15-32-25-16-31-20(11-24(25)29)14-28-12-17-7-5-6-8-18(17)13-28/h5-11,16H,3-4,12-15H2,1-2H3,(H2,27,30). The van der Waals surface area contributed by atoms with Gasteiger partial charge in [0, 0.05) is 24.7 Å². The van der Waals surface area contributed by atoms with E-state index < -0.39 is 5.91 Å². The minimum atomic E-state index is -0.429. The van der Waals surface area contributed by atoms with E-state index in [-0.39, 0.29) is 17.8 Å². The second-order valence-corrected chi connectivity index (χ2v) is 8.08. The molecule has 3 aromatic rings. The summed E-state index contributed by atoms with van der Waals surface area (Å²) >= 11 is 0. The molecule has 6 nitrogen and oxygen atoms in total. The van der Waals surface area contributed by atoms with Gasteiger partial charge in [-0.2, -0.15) is 0 Å². The van der Waals surface area contributed by atoms with Crippen LogP contribution in [0.25, 0.3) is 0 Å². The number of rotatable bonds is 8. The highest BCUT2D eigenvalue weighted by atomic mass is 16.5. The number of ether oxygens (including phenoxy) is 1. The summed E-state index contributed by atoms with van der Waals surface area (Å²) in [6, 6.07) is 13.4. The molecule has 2 N–H and O–H groups in total. The number of benzene rings is 2. The smallest absolute Gasteiger partial charge is 0.248 e. The molecule has 2 aromatic carbocycles. The molecule has 0 fully saturated rings. The summed E-state index contributed by atoms with van der Waals surface area (Å²) in [5.41, 5.74) is 11.4. The normalized spacial score (nSPS) is 13.2. The predicted octanol–water partition coefficient (Wildman–Crippen LogP) is 3.96. The van der Waals surface area contributed by atoms with Gasteiger partial charge in [0.1, 0.15) is 18.6 Å². The van der Waals surface area contributed by atoms with Crippen LogP contribution in [0, 0.1) is 0 Å². The molecule has 166 valence electrons. The molecular formula is C26H28N2O4. The lowest BCUT2D eigenvalue weighted by molar-refractivity contribution is 0.0999. The Balaban J connectivity index is 1.45. The van der Waals surface area contributed by atoms with Crippen molar-refractivity contribution in [2.45, 2.75) is 52.9 Å². The van der Waals surface area contributed by atoms with Gasteiger partial charge in [-0.25, -0.2) is 0 Å². The van der Waals surface area contributed by atoms with E-state index in [4.69, 9.17) is 14.9 Å². The average molecular weight is 433 g/mol. The zero-order valence-electron chi connectivity index (χ0n) is 18.5. The van der Waals surface area contributed by atoms with Crippen LogP contribution in [0.4, 0.5) is 0 Å². The average Bonchev–Trinajstić information content (AvgIpc) is 3.19. The Morgan fingerprint density at radius 1 is 1.06 bits per heavy atom. The van der Waals surface area contributed by atoms with Crippen molar-refractivity contribution in [2.75, 3.05) is 0 Å². The van der Waals surface area contributed by atoms with Gasteiger partial charge in [-0.1, -0.05) is 44.2 Å². The van der Waals surface area contributed by atoms with Crippen LogP contribution in [-0.2, 0) is 39.1 Å². The zero-order chi connectivity index (χ0) is 22.7. The number of carbonyl (C=O) groups excluding carboxylic acids is 1. The van der Waals surface area contributed by atoms with E-state index in [1.807, 2.05) is 32.0 Å². The molecule has 0 aliphatic carbocycles. The molecule has 6 heteroatoms. The Morgan fingerprint density at radius 2 is 1.75 bits per heavy atom. The maximum atomic E-state index is 12.6. The third kappa shape index (κ3) is 4.46. The first-order chi connectivity index (χ1) is 15.5. The highest BCUT2D eigenvalue weighted by molar-refractivity contribution is 5.94. The molecule has 0 bridgehead atoms. The summed E-state index contributed by atoms with van der Waals surface area (Å²) in [6.45, 7) is 6.51. The van der Waals surface area contributed by atoms with E-state index in [2.05, 4.69) is 17.0 Å². The molecule has 0 radical (unpaired) electrons. The van der Waals surface area contributed by atoms with Gasteiger partial charge in [-0.3, -0.25) is 14.5 Å². The summed E-state index contributed by atoms with van der Waals surface area (Å²) in [5.74, 6) is 0.363. The number of amides is 1. The Bertz CT molecular complexity index is 1170. The number of primary amides is 1. The van der Waals surface area contributed by atoms with Crippen molar-refractivity contribution in [3.05, 3.63) is 98.1 Å². The van der Waals surface area contributed by atoms with Gasteiger partial charge in [-0.15, -0.1) is 0 Å². The molecule has 0 atom stereocenters. The highest BCUT2D eigenvalue weighted by Crippen LogP contribution is 2.25. The number of nitrogens with two attached hydrogens (primary N) is 1. The Kier molecular flexibility index (Phi) is 6.42. The number of nitrogens with zero attached hydrogens (tertiary/aromatic N) is 1. The molecule has 0 saturated carbocycles. The predicted molar refractivity (Wildman–Crippen MR) is 122 cm³/mol. The van der Waals surface area contributed by atoms with Gasteiger partial charge >= 0.3 is 0 Å². The molecule has 0 saturated heterocycles. The van der Waals surface area contributed by atoms with Crippen LogP contribution >= 0.6 is 0 Å². The maximum Gasteiger partial charge on any atom is 0.248 e. The van der Waals surface area contributed by atoms with Gasteiger partial charge in [0.2, 0.25) is 17.1 Å². The van der Waals surface area contributed by atoms with E-state index in [0.717, 1.165) is 36.2 Å². The molecule has 4 rings (SSSR count). The van der Waals surface area contributed by atoms with Gasteiger partial charge in [-0.05, 0) is 46.7 Å². The Labute approximate surface area is 187 Å². The topological polar surface area (TPSA) is 85.8 Å². The van der Waals surface area contributed by atoms with Crippen LogP contribution in [0.1, 0.15) is 57.8 Å². The lowest BCUT2D eigenvalue weighted by Crippen LogP contribution is -2.18. The highest BCUT2D eigenvalue weighted by Gasteiger charge is 2.20. The first kappa shape index (κ1) is 21.8. The first-order valence-electron chi connectivity index (χ1n) is 11.0. The minimum Gasteiger partial charge on any atom is -0.482 e. The van der Waals surface area contributed by atoms with Crippen LogP contribution in [0.2, 0.25) is 0 Å². The molecule has 2 heterocycles. The lowest BCUT2D eigenvalue weighted by atomic mass is 9.92. The summed E-state index contributed by atoms with van der Waals surface area (Å²) in [4.78, 5) is 26.6. The lowest BCUT2D eigenvalue weighted by Gasteiger charge is -2.16. The summed E-state index contributed by atoms with van der Waals surface area (Å²) in [5, 5.41) is 0. The van der Waals surface area contributed by atoms with Crippen LogP contribution < -0.4 is 15.9 Å². The monoisotopic (exact) mass is 432 g/mol. The SMILES string of the molecule is CCc1c(COc2coc(CN3Cc4ccccc4C3)cc2=O)ccc(C(N)=O)c1CC. The van der Waals surface area contributed by atoms with Crippen molar-refractivity contribution in [3.8, 4) is 5.75 Å². The third-order valence-electron chi connectivity index (χ3n) is 6.02. The van der Waals surface area contributed by atoms with Gasteiger partial charge in [0.25, 0.3) is 0 Å². The summed E-state index contributed by atoms with van der Waals surface area (Å²) < 4.78 is 11.5. The number of hydrogen-bond acceptors (Lipinski definition) is 5. The van der Waals surface area contributed by atoms with E-state index in [9.17, 15) is 9.59 Å². The Morgan fingerprint density at radius 3 is 2.34 bits per heavy atom. The van der Waals surface area contributed by atoms with E-state index >= 15 is 0 Å². The molecule has 0 spiro atoms.